The Kier molecular flexibility index (Phi) is 8.57. The monoisotopic (exact) mass is 371 g/mol. The predicted molar refractivity (Wildman–Crippen MR) is 94.2 cm³/mol. The van der Waals surface area contributed by atoms with E-state index in [0.29, 0.717) is 12.0 Å². The maximum atomic E-state index is 12.4. The number of carbonyl (C=O) groups excluding carboxylic acids is 1. The molecule has 1 aromatic carbocycles. The second-order valence-corrected chi connectivity index (χ2v) is 7.43. The Labute approximate surface area is 148 Å². The number of aryl methyl sites for hydroxylation is 1. The van der Waals surface area contributed by atoms with Crippen LogP contribution >= 0.6 is 0 Å². The Bertz CT molecular complexity index is 686. The first-order valence-electron chi connectivity index (χ1n) is 8.31. The van der Waals surface area contributed by atoms with Crippen molar-refractivity contribution >= 4 is 22.0 Å². The van der Waals surface area contributed by atoms with Gasteiger partial charge < -0.3 is 10.4 Å². The number of unbranched alkanes of at least 4 members (excludes halogenated alkanes) is 4. The third-order valence-electron chi connectivity index (χ3n) is 3.79. The van der Waals surface area contributed by atoms with Crippen LogP contribution in [-0.4, -0.2) is 41.7 Å². The van der Waals surface area contributed by atoms with Crippen molar-refractivity contribution in [3.63, 3.8) is 0 Å². The SMILES string of the molecule is CCCCCCCc1ccccc1C(=O)NC(CS(=O)(=O)O)C(=O)O. The first-order chi connectivity index (χ1) is 11.7. The van der Waals surface area contributed by atoms with Gasteiger partial charge in [-0.15, -0.1) is 0 Å². The predicted octanol–water partition coefficient (Wildman–Crippen LogP) is 2.27. The van der Waals surface area contributed by atoms with Crippen molar-refractivity contribution in [1.82, 2.24) is 5.32 Å². The summed E-state index contributed by atoms with van der Waals surface area (Å²) in [5.41, 5.74) is 1.10. The van der Waals surface area contributed by atoms with Crippen molar-refractivity contribution < 1.29 is 27.7 Å². The van der Waals surface area contributed by atoms with Gasteiger partial charge in [-0.2, -0.15) is 8.42 Å². The average Bonchev–Trinajstić information content (AvgIpc) is 2.53. The summed E-state index contributed by atoms with van der Waals surface area (Å²) in [6, 6.07) is 5.12. The summed E-state index contributed by atoms with van der Waals surface area (Å²) in [7, 11) is -4.52. The number of carboxylic acid groups (broad SMARTS) is 1. The van der Waals surface area contributed by atoms with E-state index in [2.05, 4.69) is 12.2 Å². The summed E-state index contributed by atoms with van der Waals surface area (Å²) in [6.07, 6.45) is 6.08. The number of nitrogens with one attached hydrogen (secondary N) is 1. The zero-order chi connectivity index (χ0) is 18.9. The number of benzene rings is 1. The molecule has 140 valence electrons. The van der Waals surface area contributed by atoms with Crippen LogP contribution in [0.1, 0.15) is 54.9 Å². The van der Waals surface area contributed by atoms with Gasteiger partial charge in [-0.1, -0.05) is 50.8 Å². The highest BCUT2D eigenvalue weighted by Crippen LogP contribution is 2.14. The average molecular weight is 371 g/mol. The van der Waals surface area contributed by atoms with E-state index in [-0.39, 0.29) is 0 Å². The highest BCUT2D eigenvalue weighted by molar-refractivity contribution is 7.85. The van der Waals surface area contributed by atoms with Crippen molar-refractivity contribution in [3.05, 3.63) is 35.4 Å². The second-order valence-electron chi connectivity index (χ2n) is 5.93. The van der Waals surface area contributed by atoms with Gasteiger partial charge in [0.1, 0.15) is 11.8 Å². The molecule has 8 heteroatoms. The van der Waals surface area contributed by atoms with E-state index in [1.807, 2.05) is 0 Å². The molecule has 0 radical (unpaired) electrons. The lowest BCUT2D eigenvalue weighted by Crippen LogP contribution is -2.45. The molecule has 0 aliphatic carbocycles. The Morgan fingerprint density at radius 1 is 1.12 bits per heavy atom. The van der Waals surface area contributed by atoms with Gasteiger partial charge in [0.2, 0.25) is 0 Å². The molecule has 0 spiro atoms. The first kappa shape index (κ1) is 21.1. The molecule has 1 unspecified atom stereocenters. The molecule has 1 atom stereocenters. The van der Waals surface area contributed by atoms with E-state index in [1.165, 1.54) is 0 Å². The molecule has 0 saturated heterocycles. The number of amides is 1. The van der Waals surface area contributed by atoms with Crippen LogP contribution in [0.15, 0.2) is 24.3 Å². The van der Waals surface area contributed by atoms with E-state index in [0.717, 1.165) is 37.7 Å². The number of carboxylic acids is 1. The van der Waals surface area contributed by atoms with E-state index >= 15 is 0 Å². The topological polar surface area (TPSA) is 121 Å². The minimum absolute atomic E-state index is 0.319. The summed E-state index contributed by atoms with van der Waals surface area (Å²) in [5, 5.41) is 11.2. The molecule has 0 fully saturated rings. The Hall–Kier alpha value is -1.93. The lowest BCUT2D eigenvalue weighted by atomic mass is 10.00. The van der Waals surface area contributed by atoms with Crippen molar-refractivity contribution in [3.8, 4) is 0 Å². The van der Waals surface area contributed by atoms with Gasteiger partial charge in [0.05, 0.1) is 0 Å². The molecular formula is C17H25NO6S. The number of carbonyl (C=O) groups is 2. The van der Waals surface area contributed by atoms with Crippen LogP contribution < -0.4 is 5.32 Å². The fourth-order valence-electron chi connectivity index (χ4n) is 2.50. The minimum atomic E-state index is -4.52. The molecule has 25 heavy (non-hydrogen) atoms. The fraction of sp³-hybridized carbons (Fsp3) is 0.529. The first-order valence-corrected chi connectivity index (χ1v) is 9.92. The van der Waals surface area contributed by atoms with Gasteiger partial charge in [0, 0.05) is 5.56 Å². The van der Waals surface area contributed by atoms with E-state index in [9.17, 15) is 18.0 Å². The summed E-state index contributed by atoms with van der Waals surface area (Å²) in [5.74, 6) is -3.27. The number of rotatable bonds is 11. The normalized spacial score (nSPS) is 12.6. The van der Waals surface area contributed by atoms with Gasteiger partial charge in [0.25, 0.3) is 16.0 Å². The largest absolute Gasteiger partial charge is 0.480 e. The standard InChI is InChI=1S/C17H25NO6S/c1-2-3-4-5-6-9-13-10-7-8-11-14(13)16(19)18-15(17(20)21)12-25(22,23)24/h7-8,10-11,15H,2-6,9,12H2,1H3,(H,18,19)(H,20,21)(H,22,23,24). The summed E-state index contributed by atoms with van der Waals surface area (Å²) >= 11 is 0. The quantitative estimate of drug-likeness (QED) is 0.405. The molecule has 0 aliphatic heterocycles. The molecule has 0 saturated carbocycles. The molecule has 1 rings (SSSR count). The molecule has 0 aromatic heterocycles. The van der Waals surface area contributed by atoms with Crippen molar-refractivity contribution in [2.75, 3.05) is 5.75 Å². The Morgan fingerprint density at radius 2 is 1.76 bits per heavy atom. The number of hydrogen-bond acceptors (Lipinski definition) is 4. The van der Waals surface area contributed by atoms with Gasteiger partial charge in [-0.3, -0.25) is 9.35 Å². The number of hydrogen-bond donors (Lipinski definition) is 3. The van der Waals surface area contributed by atoms with E-state index in [4.69, 9.17) is 9.66 Å². The molecule has 0 bridgehead atoms. The van der Waals surface area contributed by atoms with Gasteiger partial charge in [0.15, 0.2) is 0 Å². The zero-order valence-electron chi connectivity index (χ0n) is 14.3. The molecular weight excluding hydrogens is 346 g/mol. The third kappa shape index (κ3) is 8.13. The highest BCUT2D eigenvalue weighted by atomic mass is 32.2. The van der Waals surface area contributed by atoms with Gasteiger partial charge >= 0.3 is 5.97 Å². The maximum absolute atomic E-state index is 12.4. The van der Waals surface area contributed by atoms with Crippen molar-refractivity contribution in [2.45, 2.75) is 51.5 Å². The van der Waals surface area contributed by atoms with Crippen LogP contribution in [0.25, 0.3) is 0 Å². The van der Waals surface area contributed by atoms with E-state index in [1.54, 1.807) is 24.3 Å². The van der Waals surface area contributed by atoms with Crippen LogP contribution in [0.4, 0.5) is 0 Å². The molecule has 0 aliphatic rings. The Morgan fingerprint density at radius 3 is 2.36 bits per heavy atom. The van der Waals surface area contributed by atoms with Crippen molar-refractivity contribution in [1.29, 1.82) is 0 Å². The molecule has 3 N–H and O–H groups in total. The van der Waals surface area contributed by atoms with Crippen LogP contribution in [0, 0.1) is 0 Å². The maximum Gasteiger partial charge on any atom is 0.327 e. The molecule has 1 amide bonds. The molecule has 0 heterocycles. The minimum Gasteiger partial charge on any atom is -0.480 e. The fourth-order valence-corrected chi connectivity index (χ4v) is 3.15. The highest BCUT2D eigenvalue weighted by Gasteiger charge is 2.26. The van der Waals surface area contributed by atoms with Crippen LogP contribution in [-0.2, 0) is 21.3 Å². The lowest BCUT2D eigenvalue weighted by Gasteiger charge is -2.15. The lowest BCUT2D eigenvalue weighted by molar-refractivity contribution is -0.138. The van der Waals surface area contributed by atoms with Gasteiger partial charge in [-0.25, -0.2) is 4.79 Å². The Balaban J connectivity index is 2.78. The van der Waals surface area contributed by atoms with E-state index < -0.39 is 33.8 Å². The molecule has 1 aromatic rings. The summed E-state index contributed by atoms with van der Waals surface area (Å²) in [4.78, 5) is 23.5. The second kappa shape index (κ2) is 10.1. The van der Waals surface area contributed by atoms with Gasteiger partial charge in [-0.05, 0) is 24.5 Å². The number of aliphatic carboxylic acids is 1. The van der Waals surface area contributed by atoms with Crippen LogP contribution in [0.5, 0.6) is 0 Å². The van der Waals surface area contributed by atoms with Crippen LogP contribution in [0.3, 0.4) is 0 Å². The smallest absolute Gasteiger partial charge is 0.327 e. The van der Waals surface area contributed by atoms with Crippen LogP contribution in [0.2, 0.25) is 0 Å². The molecule has 7 nitrogen and oxygen atoms in total. The third-order valence-corrected chi connectivity index (χ3v) is 4.55. The summed E-state index contributed by atoms with van der Waals surface area (Å²) < 4.78 is 30.6. The summed E-state index contributed by atoms with van der Waals surface area (Å²) in [6.45, 7) is 2.13. The zero-order valence-corrected chi connectivity index (χ0v) is 15.1. The van der Waals surface area contributed by atoms with Crippen molar-refractivity contribution in [2.24, 2.45) is 0 Å².